The predicted molar refractivity (Wildman–Crippen MR) is 78.0 cm³/mol. The Kier molecular flexibility index (Phi) is 3.52. The predicted octanol–water partition coefficient (Wildman–Crippen LogP) is 2.92. The Hall–Kier alpha value is -2.13. The number of rotatable bonds is 4. The Bertz CT molecular complexity index is 649. The molecule has 1 aliphatic rings. The lowest BCUT2D eigenvalue weighted by molar-refractivity contribution is 0.103. The summed E-state index contributed by atoms with van der Waals surface area (Å²) in [6.45, 7) is 4.20. The zero-order valence-corrected chi connectivity index (χ0v) is 11.5. The second-order valence-corrected chi connectivity index (χ2v) is 4.85. The van der Waals surface area contributed by atoms with Gasteiger partial charge in [0.2, 0.25) is 0 Å². The number of ether oxygens (including phenoxy) is 1. The summed E-state index contributed by atoms with van der Waals surface area (Å²) in [6, 6.07) is 13.3. The first-order chi connectivity index (χ1) is 9.79. The molecule has 3 rings (SSSR count). The zero-order chi connectivity index (χ0) is 13.9. The molecule has 20 heavy (non-hydrogen) atoms. The van der Waals surface area contributed by atoms with Gasteiger partial charge in [-0.25, -0.2) is 0 Å². The molecule has 102 valence electrons. The molecule has 0 aromatic heterocycles. The van der Waals surface area contributed by atoms with Gasteiger partial charge in [-0.1, -0.05) is 24.3 Å². The summed E-state index contributed by atoms with van der Waals surface area (Å²) in [4.78, 5) is 12.6. The first-order valence-electron chi connectivity index (χ1n) is 6.88. The van der Waals surface area contributed by atoms with E-state index in [1.54, 1.807) is 0 Å². The Balaban J connectivity index is 1.96. The molecule has 3 nitrogen and oxygen atoms in total. The van der Waals surface area contributed by atoms with Crippen molar-refractivity contribution in [2.75, 3.05) is 6.61 Å². The number of para-hydroxylation sites is 1. The molecule has 2 aromatic rings. The van der Waals surface area contributed by atoms with Crippen molar-refractivity contribution in [3.05, 3.63) is 64.7 Å². The van der Waals surface area contributed by atoms with Gasteiger partial charge in [0.1, 0.15) is 5.75 Å². The van der Waals surface area contributed by atoms with Crippen LogP contribution in [0.25, 0.3) is 0 Å². The Morgan fingerprint density at radius 3 is 2.80 bits per heavy atom. The van der Waals surface area contributed by atoms with Crippen LogP contribution in [0.5, 0.6) is 5.75 Å². The zero-order valence-electron chi connectivity index (χ0n) is 11.5. The minimum atomic E-state index is 0.0174. The maximum absolute atomic E-state index is 12.6. The maximum atomic E-state index is 12.6. The van der Waals surface area contributed by atoms with Crippen LogP contribution in [0, 0.1) is 0 Å². The fraction of sp³-hybridized carbons (Fsp3) is 0.235. The average molecular weight is 267 g/mol. The molecule has 1 N–H and O–H groups in total. The van der Waals surface area contributed by atoms with Gasteiger partial charge in [0.15, 0.2) is 5.78 Å². The number of hydrogen-bond acceptors (Lipinski definition) is 3. The maximum Gasteiger partial charge on any atom is 0.196 e. The summed E-state index contributed by atoms with van der Waals surface area (Å²) >= 11 is 0. The number of carbonyl (C=O) groups is 1. The standard InChI is InChI=1S/C17H17NO2/c1-2-20-16-6-4-3-5-15(16)17(19)12-7-8-13-10-18-11-14(13)9-12/h3-9,18H,2,10-11H2,1H3. The quantitative estimate of drug-likeness (QED) is 0.866. The van der Waals surface area contributed by atoms with Crippen LogP contribution in [0.3, 0.4) is 0 Å². The number of nitrogens with one attached hydrogen (secondary N) is 1. The van der Waals surface area contributed by atoms with E-state index in [1.165, 1.54) is 11.1 Å². The molecule has 0 fully saturated rings. The second kappa shape index (κ2) is 5.47. The molecule has 0 radical (unpaired) electrons. The fourth-order valence-electron chi connectivity index (χ4n) is 2.53. The van der Waals surface area contributed by atoms with Crippen molar-refractivity contribution in [1.29, 1.82) is 0 Å². The molecule has 3 heteroatoms. The van der Waals surface area contributed by atoms with Gasteiger partial charge < -0.3 is 10.1 Å². The molecule has 0 saturated carbocycles. The highest BCUT2D eigenvalue weighted by molar-refractivity contribution is 6.10. The third-order valence-corrected chi connectivity index (χ3v) is 3.53. The molecule has 0 aliphatic carbocycles. The number of benzene rings is 2. The molecule has 0 amide bonds. The van der Waals surface area contributed by atoms with Gasteiger partial charge in [-0.2, -0.15) is 0 Å². The molecular formula is C17H17NO2. The molecule has 0 bridgehead atoms. The Labute approximate surface area is 118 Å². The molecule has 1 heterocycles. The molecule has 0 spiro atoms. The molecule has 2 aromatic carbocycles. The lowest BCUT2D eigenvalue weighted by Crippen LogP contribution is -2.06. The fourth-order valence-corrected chi connectivity index (χ4v) is 2.53. The number of hydrogen-bond donors (Lipinski definition) is 1. The highest BCUT2D eigenvalue weighted by atomic mass is 16.5. The second-order valence-electron chi connectivity index (χ2n) is 4.85. The summed E-state index contributed by atoms with van der Waals surface area (Å²) in [5, 5.41) is 3.29. The van der Waals surface area contributed by atoms with E-state index >= 15 is 0 Å². The monoisotopic (exact) mass is 267 g/mol. The van der Waals surface area contributed by atoms with Gasteiger partial charge in [-0.3, -0.25) is 4.79 Å². The molecule has 0 unspecified atom stereocenters. The first kappa shape index (κ1) is 12.9. The van der Waals surface area contributed by atoms with Crippen molar-refractivity contribution >= 4 is 5.78 Å². The van der Waals surface area contributed by atoms with Crippen molar-refractivity contribution in [3.8, 4) is 5.75 Å². The summed E-state index contributed by atoms with van der Waals surface area (Å²) in [5.74, 6) is 0.669. The van der Waals surface area contributed by atoms with E-state index in [0.717, 1.165) is 18.7 Å². The minimum Gasteiger partial charge on any atom is -0.493 e. The van der Waals surface area contributed by atoms with Gasteiger partial charge in [0, 0.05) is 18.7 Å². The van der Waals surface area contributed by atoms with Gasteiger partial charge in [-0.05, 0) is 36.2 Å². The molecule has 0 saturated heterocycles. The summed E-state index contributed by atoms with van der Waals surface area (Å²) in [6.07, 6.45) is 0. The lowest BCUT2D eigenvalue weighted by Gasteiger charge is -2.09. The van der Waals surface area contributed by atoms with Crippen LogP contribution in [0.4, 0.5) is 0 Å². The van der Waals surface area contributed by atoms with Crippen molar-refractivity contribution in [3.63, 3.8) is 0 Å². The van der Waals surface area contributed by atoms with Crippen molar-refractivity contribution in [2.45, 2.75) is 20.0 Å². The van der Waals surface area contributed by atoms with E-state index < -0.39 is 0 Å². The highest BCUT2D eigenvalue weighted by Gasteiger charge is 2.17. The molecular weight excluding hydrogens is 250 g/mol. The third-order valence-electron chi connectivity index (χ3n) is 3.53. The van der Waals surface area contributed by atoms with E-state index in [4.69, 9.17) is 4.74 Å². The van der Waals surface area contributed by atoms with Crippen molar-refractivity contribution in [1.82, 2.24) is 5.32 Å². The van der Waals surface area contributed by atoms with Gasteiger partial charge in [-0.15, -0.1) is 0 Å². The third kappa shape index (κ3) is 2.32. The van der Waals surface area contributed by atoms with Crippen molar-refractivity contribution < 1.29 is 9.53 Å². The first-order valence-corrected chi connectivity index (χ1v) is 6.88. The van der Waals surface area contributed by atoms with Crippen LogP contribution in [0.2, 0.25) is 0 Å². The van der Waals surface area contributed by atoms with E-state index in [2.05, 4.69) is 5.32 Å². The molecule has 0 atom stereocenters. The summed E-state index contributed by atoms with van der Waals surface area (Å²) in [7, 11) is 0. The van der Waals surface area contributed by atoms with Crippen LogP contribution < -0.4 is 10.1 Å². The normalized spacial score (nSPS) is 13.1. The Morgan fingerprint density at radius 2 is 1.95 bits per heavy atom. The number of ketones is 1. The summed E-state index contributed by atoms with van der Waals surface area (Å²) in [5.41, 5.74) is 3.84. The number of fused-ring (bicyclic) bond motifs is 1. The van der Waals surface area contributed by atoms with E-state index in [1.807, 2.05) is 49.4 Å². The summed E-state index contributed by atoms with van der Waals surface area (Å²) < 4.78 is 5.54. The van der Waals surface area contributed by atoms with E-state index in [0.29, 0.717) is 17.9 Å². The van der Waals surface area contributed by atoms with Crippen LogP contribution in [0.1, 0.15) is 34.0 Å². The molecule has 1 aliphatic heterocycles. The van der Waals surface area contributed by atoms with Gasteiger partial charge in [0.25, 0.3) is 0 Å². The van der Waals surface area contributed by atoms with Crippen LogP contribution in [-0.4, -0.2) is 12.4 Å². The van der Waals surface area contributed by atoms with Crippen LogP contribution in [0.15, 0.2) is 42.5 Å². The van der Waals surface area contributed by atoms with Gasteiger partial charge in [0.05, 0.1) is 12.2 Å². The lowest BCUT2D eigenvalue weighted by atomic mass is 9.99. The smallest absolute Gasteiger partial charge is 0.196 e. The van der Waals surface area contributed by atoms with Crippen molar-refractivity contribution in [2.24, 2.45) is 0 Å². The minimum absolute atomic E-state index is 0.0174. The SMILES string of the molecule is CCOc1ccccc1C(=O)c1ccc2c(c1)CNC2. The highest BCUT2D eigenvalue weighted by Crippen LogP contribution is 2.24. The van der Waals surface area contributed by atoms with Crippen LogP contribution >= 0.6 is 0 Å². The largest absolute Gasteiger partial charge is 0.493 e. The number of carbonyl (C=O) groups excluding carboxylic acids is 1. The average Bonchev–Trinajstić information content (AvgIpc) is 2.95. The Morgan fingerprint density at radius 1 is 1.15 bits per heavy atom. The van der Waals surface area contributed by atoms with E-state index in [9.17, 15) is 4.79 Å². The van der Waals surface area contributed by atoms with Crippen LogP contribution in [-0.2, 0) is 13.1 Å². The van der Waals surface area contributed by atoms with Gasteiger partial charge >= 0.3 is 0 Å². The topological polar surface area (TPSA) is 38.3 Å². The van der Waals surface area contributed by atoms with E-state index in [-0.39, 0.29) is 5.78 Å².